The van der Waals surface area contributed by atoms with Crippen LogP contribution in [-0.2, 0) is 24.3 Å². The summed E-state index contributed by atoms with van der Waals surface area (Å²) in [5.74, 6) is -0.840. The molecule has 0 aliphatic carbocycles. The first-order chi connectivity index (χ1) is 13.9. The standard InChI is InChI=1S/C22H24N4O3/c1-14-4-6-20-18(10-14)19(11-15(2)23-20)22(29)25-8-3-9-26-17(13-25)12-16(24-26)5-7-21(27)28/h4,6,10-12H,3,5,7-9,13H2,1-2H3,(H,27,28). The smallest absolute Gasteiger partial charge is 0.303 e. The minimum absolute atomic E-state index is 0.00663. The van der Waals surface area contributed by atoms with Gasteiger partial charge in [0.2, 0.25) is 0 Å². The molecule has 3 aromatic rings. The van der Waals surface area contributed by atoms with E-state index in [-0.39, 0.29) is 12.3 Å². The number of aliphatic carboxylic acids is 1. The molecule has 0 saturated heterocycles. The number of amides is 1. The molecule has 0 radical (unpaired) electrons. The van der Waals surface area contributed by atoms with Crippen LogP contribution < -0.4 is 0 Å². The lowest BCUT2D eigenvalue weighted by molar-refractivity contribution is -0.136. The number of hydrogen-bond donors (Lipinski definition) is 1. The Morgan fingerprint density at radius 1 is 1.14 bits per heavy atom. The number of fused-ring (bicyclic) bond motifs is 2. The van der Waals surface area contributed by atoms with E-state index in [2.05, 4.69) is 10.1 Å². The highest BCUT2D eigenvalue weighted by Gasteiger charge is 2.23. The average Bonchev–Trinajstić information content (AvgIpc) is 2.95. The summed E-state index contributed by atoms with van der Waals surface area (Å²) in [6, 6.07) is 9.77. The summed E-state index contributed by atoms with van der Waals surface area (Å²) in [4.78, 5) is 30.7. The van der Waals surface area contributed by atoms with E-state index in [1.54, 1.807) is 0 Å². The Balaban J connectivity index is 1.64. The molecule has 0 spiro atoms. The number of aryl methyl sites for hydroxylation is 4. The molecule has 7 heteroatoms. The average molecular weight is 392 g/mol. The maximum atomic E-state index is 13.5. The number of carbonyl (C=O) groups excluding carboxylic acids is 1. The van der Waals surface area contributed by atoms with Gasteiger partial charge in [-0.15, -0.1) is 0 Å². The molecule has 0 saturated carbocycles. The van der Waals surface area contributed by atoms with Gasteiger partial charge in [0.05, 0.1) is 35.4 Å². The van der Waals surface area contributed by atoms with Crippen molar-refractivity contribution in [2.24, 2.45) is 0 Å². The minimum atomic E-state index is -0.833. The number of carbonyl (C=O) groups is 2. The zero-order valence-corrected chi connectivity index (χ0v) is 16.7. The van der Waals surface area contributed by atoms with Crippen molar-refractivity contribution in [3.8, 4) is 0 Å². The summed E-state index contributed by atoms with van der Waals surface area (Å²) in [5.41, 5.74) is 5.12. The normalized spacial score (nSPS) is 13.9. The van der Waals surface area contributed by atoms with Crippen LogP contribution in [0.1, 0.15) is 45.8 Å². The Kier molecular flexibility index (Phi) is 5.05. The maximum Gasteiger partial charge on any atom is 0.303 e. The van der Waals surface area contributed by atoms with Crippen molar-refractivity contribution in [2.75, 3.05) is 6.54 Å². The van der Waals surface area contributed by atoms with E-state index in [1.807, 2.05) is 53.8 Å². The summed E-state index contributed by atoms with van der Waals surface area (Å²) in [6.07, 6.45) is 1.26. The molecule has 0 unspecified atom stereocenters. The molecule has 1 aliphatic rings. The Morgan fingerprint density at radius 2 is 1.97 bits per heavy atom. The lowest BCUT2D eigenvalue weighted by atomic mass is 10.0. The van der Waals surface area contributed by atoms with E-state index in [4.69, 9.17) is 5.11 Å². The molecule has 2 aromatic heterocycles. The summed E-state index contributed by atoms with van der Waals surface area (Å²) in [7, 11) is 0. The Morgan fingerprint density at radius 3 is 2.76 bits per heavy atom. The van der Waals surface area contributed by atoms with E-state index in [1.165, 1.54) is 0 Å². The molecule has 1 aromatic carbocycles. The molecule has 1 aliphatic heterocycles. The molecule has 3 heterocycles. The molecule has 1 N–H and O–H groups in total. The van der Waals surface area contributed by atoms with Crippen LogP contribution in [0.5, 0.6) is 0 Å². The topological polar surface area (TPSA) is 88.3 Å². The first kappa shape index (κ1) is 19.1. The van der Waals surface area contributed by atoms with Crippen LogP contribution in [0.2, 0.25) is 0 Å². The van der Waals surface area contributed by atoms with Crippen molar-refractivity contribution in [2.45, 2.75) is 46.2 Å². The fourth-order valence-corrected chi connectivity index (χ4v) is 3.87. The summed E-state index contributed by atoms with van der Waals surface area (Å²) in [5, 5.41) is 14.3. The summed E-state index contributed by atoms with van der Waals surface area (Å²) >= 11 is 0. The first-order valence-electron chi connectivity index (χ1n) is 9.85. The van der Waals surface area contributed by atoms with Crippen LogP contribution in [0, 0.1) is 13.8 Å². The fraction of sp³-hybridized carbons (Fsp3) is 0.364. The lowest BCUT2D eigenvalue weighted by Gasteiger charge is -2.21. The number of carboxylic acid groups (broad SMARTS) is 1. The maximum absolute atomic E-state index is 13.5. The van der Waals surface area contributed by atoms with Gasteiger partial charge in [0, 0.05) is 30.6 Å². The highest BCUT2D eigenvalue weighted by atomic mass is 16.4. The summed E-state index contributed by atoms with van der Waals surface area (Å²) < 4.78 is 1.91. The van der Waals surface area contributed by atoms with Crippen LogP contribution in [0.3, 0.4) is 0 Å². The van der Waals surface area contributed by atoms with Gasteiger partial charge < -0.3 is 10.0 Å². The third-order valence-corrected chi connectivity index (χ3v) is 5.27. The second-order valence-electron chi connectivity index (χ2n) is 7.66. The van der Waals surface area contributed by atoms with Gasteiger partial charge in [0.1, 0.15) is 0 Å². The van der Waals surface area contributed by atoms with E-state index in [0.29, 0.717) is 25.1 Å². The highest BCUT2D eigenvalue weighted by molar-refractivity contribution is 6.06. The molecule has 0 bridgehead atoms. The SMILES string of the molecule is Cc1ccc2nc(C)cc(C(=O)N3CCCn4nc(CCC(=O)O)cc4C3)c2c1. The third-order valence-electron chi connectivity index (χ3n) is 5.27. The molecule has 1 amide bonds. The fourth-order valence-electron chi connectivity index (χ4n) is 3.87. The molecule has 0 fully saturated rings. The Labute approximate surface area is 169 Å². The lowest BCUT2D eigenvalue weighted by Crippen LogP contribution is -2.31. The van der Waals surface area contributed by atoms with Gasteiger partial charge in [-0.3, -0.25) is 19.3 Å². The quantitative estimate of drug-likeness (QED) is 0.737. The second-order valence-corrected chi connectivity index (χ2v) is 7.66. The van der Waals surface area contributed by atoms with Gasteiger partial charge in [-0.25, -0.2) is 0 Å². The van der Waals surface area contributed by atoms with Crippen LogP contribution >= 0.6 is 0 Å². The van der Waals surface area contributed by atoms with E-state index in [9.17, 15) is 9.59 Å². The van der Waals surface area contributed by atoms with Crippen molar-refractivity contribution in [1.82, 2.24) is 19.7 Å². The summed E-state index contributed by atoms with van der Waals surface area (Å²) in [6.45, 7) is 5.76. The first-order valence-corrected chi connectivity index (χ1v) is 9.85. The number of rotatable bonds is 4. The molecule has 0 atom stereocenters. The minimum Gasteiger partial charge on any atom is -0.481 e. The molecule has 150 valence electrons. The Hall–Kier alpha value is -3.22. The van der Waals surface area contributed by atoms with Gasteiger partial charge in [0.25, 0.3) is 5.91 Å². The van der Waals surface area contributed by atoms with Crippen molar-refractivity contribution >= 4 is 22.8 Å². The number of nitrogens with zero attached hydrogens (tertiary/aromatic N) is 4. The zero-order valence-electron chi connectivity index (χ0n) is 16.7. The van der Waals surface area contributed by atoms with Crippen molar-refractivity contribution < 1.29 is 14.7 Å². The van der Waals surface area contributed by atoms with E-state index < -0.39 is 5.97 Å². The van der Waals surface area contributed by atoms with E-state index in [0.717, 1.165) is 46.5 Å². The predicted molar refractivity (Wildman–Crippen MR) is 109 cm³/mol. The predicted octanol–water partition coefficient (Wildman–Crippen LogP) is 3.11. The van der Waals surface area contributed by atoms with Gasteiger partial charge in [-0.2, -0.15) is 5.10 Å². The second kappa shape index (κ2) is 7.66. The number of aromatic nitrogens is 3. The largest absolute Gasteiger partial charge is 0.481 e. The molecular weight excluding hydrogens is 368 g/mol. The number of pyridine rings is 1. The van der Waals surface area contributed by atoms with Crippen molar-refractivity contribution in [3.63, 3.8) is 0 Å². The van der Waals surface area contributed by atoms with Gasteiger partial charge in [0.15, 0.2) is 0 Å². The van der Waals surface area contributed by atoms with Crippen molar-refractivity contribution in [1.29, 1.82) is 0 Å². The zero-order chi connectivity index (χ0) is 20.5. The van der Waals surface area contributed by atoms with Crippen LogP contribution in [0.4, 0.5) is 0 Å². The molecular formula is C22H24N4O3. The molecule has 7 nitrogen and oxygen atoms in total. The molecule has 4 rings (SSSR count). The number of hydrogen-bond acceptors (Lipinski definition) is 4. The van der Waals surface area contributed by atoms with Gasteiger partial charge in [-0.1, -0.05) is 11.6 Å². The third kappa shape index (κ3) is 3.99. The number of carboxylic acids is 1. The monoisotopic (exact) mass is 392 g/mol. The van der Waals surface area contributed by atoms with Crippen LogP contribution in [0.25, 0.3) is 10.9 Å². The van der Waals surface area contributed by atoms with Gasteiger partial charge >= 0.3 is 5.97 Å². The Bertz CT molecular complexity index is 1100. The van der Waals surface area contributed by atoms with Crippen LogP contribution in [-0.4, -0.2) is 43.2 Å². The highest BCUT2D eigenvalue weighted by Crippen LogP contribution is 2.24. The molecule has 29 heavy (non-hydrogen) atoms. The van der Waals surface area contributed by atoms with Gasteiger partial charge in [-0.05, 0) is 44.5 Å². The van der Waals surface area contributed by atoms with Crippen LogP contribution in [0.15, 0.2) is 30.3 Å². The number of benzene rings is 1. The van der Waals surface area contributed by atoms with Crippen molar-refractivity contribution in [3.05, 3.63) is 58.5 Å². The van der Waals surface area contributed by atoms with E-state index >= 15 is 0 Å².